The molecule has 1 N–H and O–H groups in total. The Morgan fingerprint density at radius 1 is 1.19 bits per heavy atom. The summed E-state index contributed by atoms with van der Waals surface area (Å²) in [4.78, 5) is 22.9. The largest absolute Gasteiger partial charge is 0.351 e. The highest BCUT2D eigenvalue weighted by Crippen LogP contribution is 2.17. The number of amides is 1. The van der Waals surface area contributed by atoms with Crippen molar-refractivity contribution in [1.29, 1.82) is 0 Å². The van der Waals surface area contributed by atoms with Crippen LogP contribution >= 0.6 is 0 Å². The molecule has 4 rings (SSSR count). The summed E-state index contributed by atoms with van der Waals surface area (Å²) in [6, 6.07) is 12.0. The van der Waals surface area contributed by atoms with Crippen molar-refractivity contribution in [2.45, 2.75) is 13.0 Å². The van der Waals surface area contributed by atoms with Gasteiger partial charge in [0.2, 0.25) is 0 Å². The average molecular weight is 348 g/mol. The third-order valence-corrected chi connectivity index (χ3v) is 4.58. The molecule has 0 saturated heterocycles. The molecule has 0 saturated carbocycles. The monoisotopic (exact) mass is 348 g/mol. The van der Waals surface area contributed by atoms with Crippen LogP contribution in [-0.4, -0.2) is 50.2 Å². The van der Waals surface area contributed by atoms with Crippen molar-refractivity contribution < 1.29 is 4.79 Å². The summed E-state index contributed by atoms with van der Waals surface area (Å²) in [5.41, 5.74) is 3.39. The van der Waals surface area contributed by atoms with E-state index in [1.54, 1.807) is 24.7 Å². The van der Waals surface area contributed by atoms with Gasteiger partial charge in [0.05, 0.1) is 0 Å². The van der Waals surface area contributed by atoms with E-state index in [2.05, 4.69) is 49.5 Å². The summed E-state index contributed by atoms with van der Waals surface area (Å²) in [5.74, 6) is 0.467. The summed E-state index contributed by atoms with van der Waals surface area (Å²) < 4.78 is 1.53. The Bertz CT molecular complexity index is 893. The van der Waals surface area contributed by atoms with Gasteiger partial charge in [-0.15, -0.1) is 0 Å². The molecule has 0 radical (unpaired) electrons. The SMILES string of the molecule is O=C(NCCN1CCc2ccccc2C1)c1ccnc(-n2cncn2)c1. The van der Waals surface area contributed by atoms with Crippen molar-refractivity contribution in [2.24, 2.45) is 0 Å². The summed E-state index contributed by atoms with van der Waals surface area (Å²) in [6.07, 6.45) is 5.66. The number of aromatic nitrogens is 4. The minimum absolute atomic E-state index is 0.105. The van der Waals surface area contributed by atoms with E-state index in [-0.39, 0.29) is 5.91 Å². The second kappa shape index (κ2) is 7.45. The minimum Gasteiger partial charge on any atom is -0.351 e. The lowest BCUT2D eigenvalue weighted by Gasteiger charge is -2.28. The lowest BCUT2D eigenvalue weighted by atomic mass is 10.00. The van der Waals surface area contributed by atoms with Crippen LogP contribution in [0.1, 0.15) is 21.5 Å². The lowest BCUT2D eigenvalue weighted by molar-refractivity contribution is 0.0947. The maximum absolute atomic E-state index is 12.4. The van der Waals surface area contributed by atoms with Crippen LogP contribution in [0.2, 0.25) is 0 Å². The number of rotatable bonds is 5. The Labute approximate surface area is 151 Å². The number of nitrogens with zero attached hydrogens (tertiary/aromatic N) is 5. The molecule has 3 heterocycles. The van der Waals surface area contributed by atoms with Gasteiger partial charge < -0.3 is 5.32 Å². The molecule has 2 aromatic heterocycles. The van der Waals surface area contributed by atoms with Gasteiger partial charge in [-0.25, -0.2) is 14.6 Å². The van der Waals surface area contributed by atoms with E-state index >= 15 is 0 Å². The normalized spacial score (nSPS) is 14.0. The average Bonchev–Trinajstić information content (AvgIpc) is 3.23. The molecular formula is C19H20N6O. The molecule has 26 heavy (non-hydrogen) atoms. The molecule has 1 aliphatic heterocycles. The zero-order valence-electron chi connectivity index (χ0n) is 14.4. The van der Waals surface area contributed by atoms with Gasteiger partial charge in [0.1, 0.15) is 12.7 Å². The van der Waals surface area contributed by atoms with Crippen LogP contribution < -0.4 is 5.32 Å². The second-order valence-electron chi connectivity index (χ2n) is 6.29. The Hall–Kier alpha value is -3.06. The number of carbonyl (C=O) groups excluding carboxylic acids is 1. The summed E-state index contributed by atoms with van der Waals surface area (Å²) in [7, 11) is 0. The standard InChI is InChI=1S/C19H20N6O/c26-19(16-5-7-21-18(11-16)25-14-20-13-23-25)22-8-10-24-9-6-15-3-1-2-4-17(15)12-24/h1-5,7,11,13-14H,6,8-10,12H2,(H,22,26). The molecule has 1 aromatic carbocycles. The van der Waals surface area contributed by atoms with Gasteiger partial charge in [-0.05, 0) is 29.7 Å². The van der Waals surface area contributed by atoms with Crippen LogP contribution in [0.25, 0.3) is 5.82 Å². The number of hydrogen-bond donors (Lipinski definition) is 1. The van der Waals surface area contributed by atoms with Crippen LogP contribution in [0.15, 0.2) is 55.2 Å². The molecule has 0 bridgehead atoms. The highest BCUT2D eigenvalue weighted by Gasteiger charge is 2.15. The molecule has 0 fully saturated rings. The Morgan fingerprint density at radius 3 is 2.92 bits per heavy atom. The third-order valence-electron chi connectivity index (χ3n) is 4.58. The first-order valence-corrected chi connectivity index (χ1v) is 8.68. The van der Waals surface area contributed by atoms with Gasteiger partial charge in [0.15, 0.2) is 5.82 Å². The summed E-state index contributed by atoms with van der Waals surface area (Å²) in [5, 5.41) is 7.02. The van der Waals surface area contributed by atoms with Crippen LogP contribution in [-0.2, 0) is 13.0 Å². The van der Waals surface area contributed by atoms with E-state index < -0.39 is 0 Å². The zero-order chi connectivity index (χ0) is 17.8. The van der Waals surface area contributed by atoms with E-state index in [9.17, 15) is 4.79 Å². The minimum atomic E-state index is -0.105. The zero-order valence-corrected chi connectivity index (χ0v) is 14.4. The van der Waals surface area contributed by atoms with Gasteiger partial charge >= 0.3 is 0 Å². The van der Waals surface area contributed by atoms with Crippen molar-refractivity contribution in [3.63, 3.8) is 0 Å². The first-order chi connectivity index (χ1) is 12.8. The number of fused-ring (bicyclic) bond motifs is 1. The smallest absolute Gasteiger partial charge is 0.251 e. The Kier molecular flexibility index (Phi) is 4.70. The number of hydrogen-bond acceptors (Lipinski definition) is 5. The fraction of sp³-hybridized carbons (Fsp3) is 0.263. The summed E-state index contributed by atoms with van der Waals surface area (Å²) >= 11 is 0. The van der Waals surface area contributed by atoms with Crippen molar-refractivity contribution in [2.75, 3.05) is 19.6 Å². The van der Waals surface area contributed by atoms with Crippen molar-refractivity contribution >= 4 is 5.91 Å². The molecule has 7 nitrogen and oxygen atoms in total. The van der Waals surface area contributed by atoms with Crippen LogP contribution in [0.3, 0.4) is 0 Å². The maximum Gasteiger partial charge on any atom is 0.251 e. The van der Waals surface area contributed by atoms with E-state index in [1.807, 2.05) is 0 Å². The molecule has 0 spiro atoms. The first-order valence-electron chi connectivity index (χ1n) is 8.68. The molecule has 0 atom stereocenters. The van der Waals surface area contributed by atoms with Crippen molar-refractivity contribution in [3.8, 4) is 5.82 Å². The first kappa shape index (κ1) is 16.4. The summed E-state index contributed by atoms with van der Waals surface area (Å²) in [6.45, 7) is 3.42. The Morgan fingerprint density at radius 2 is 2.08 bits per heavy atom. The fourth-order valence-corrected chi connectivity index (χ4v) is 3.19. The molecule has 3 aromatic rings. The highest BCUT2D eigenvalue weighted by atomic mass is 16.1. The Balaban J connectivity index is 1.32. The molecule has 0 unspecified atom stereocenters. The van der Waals surface area contributed by atoms with Gasteiger partial charge in [-0.2, -0.15) is 5.10 Å². The van der Waals surface area contributed by atoms with Crippen molar-refractivity contribution in [3.05, 3.63) is 71.9 Å². The van der Waals surface area contributed by atoms with Crippen molar-refractivity contribution in [1.82, 2.24) is 30.0 Å². The van der Waals surface area contributed by atoms with E-state index in [0.717, 1.165) is 26.1 Å². The predicted molar refractivity (Wildman–Crippen MR) is 96.9 cm³/mol. The highest BCUT2D eigenvalue weighted by molar-refractivity contribution is 5.94. The third kappa shape index (κ3) is 3.62. The molecule has 1 aliphatic rings. The van der Waals surface area contributed by atoms with Gasteiger partial charge in [-0.1, -0.05) is 24.3 Å². The number of pyridine rings is 1. The maximum atomic E-state index is 12.4. The molecular weight excluding hydrogens is 328 g/mol. The number of carbonyl (C=O) groups is 1. The second-order valence-corrected chi connectivity index (χ2v) is 6.29. The molecule has 132 valence electrons. The molecule has 7 heteroatoms. The molecule has 1 amide bonds. The topological polar surface area (TPSA) is 75.9 Å². The number of benzene rings is 1. The van der Waals surface area contributed by atoms with Crippen LogP contribution in [0.4, 0.5) is 0 Å². The lowest BCUT2D eigenvalue weighted by Crippen LogP contribution is -2.37. The van der Waals surface area contributed by atoms with Gasteiger partial charge in [0, 0.05) is 37.9 Å². The quantitative estimate of drug-likeness (QED) is 0.755. The van der Waals surface area contributed by atoms with Gasteiger partial charge in [-0.3, -0.25) is 9.69 Å². The van der Waals surface area contributed by atoms with E-state index in [1.165, 1.54) is 22.1 Å². The predicted octanol–water partition coefficient (Wildman–Crippen LogP) is 1.45. The van der Waals surface area contributed by atoms with Gasteiger partial charge in [0.25, 0.3) is 5.91 Å². The number of nitrogens with one attached hydrogen (secondary N) is 1. The van der Waals surface area contributed by atoms with E-state index in [4.69, 9.17) is 0 Å². The molecule has 0 aliphatic carbocycles. The van der Waals surface area contributed by atoms with Crippen LogP contribution in [0.5, 0.6) is 0 Å². The van der Waals surface area contributed by atoms with Crippen LogP contribution in [0, 0.1) is 0 Å². The van der Waals surface area contributed by atoms with E-state index in [0.29, 0.717) is 17.9 Å². The fourth-order valence-electron chi connectivity index (χ4n) is 3.19.